The van der Waals surface area contributed by atoms with Crippen LogP contribution < -0.4 is 5.32 Å². The van der Waals surface area contributed by atoms with Crippen LogP contribution in [0.15, 0.2) is 0 Å². The van der Waals surface area contributed by atoms with Crippen molar-refractivity contribution in [3.05, 3.63) is 0 Å². The summed E-state index contributed by atoms with van der Waals surface area (Å²) in [6, 6.07) is 0.700. The second-order valence-electron chi connectivity index (χ2n) is 5.72. The van der Waals surface area contributed by atoms with Crippen molar-refractivity contribution in [1.29, 1.82) is 0 Å². The van der Waals surface area contributed by atoms with E-state index in [2.05, 4.69) is 39.9 Å². The molecule has 92 valence electrons. The molecule has 1 nitrogen and oxygen atoms in total. The van der Waals surface area contributed by atoms with E-state index in [1.165, 1.54) is 38.6 Å². The predicted octanol–water partition coefficient (Wildman–Crippen LogP) is 4.23. The van der Waals surface area contributed by atoms with E-state index in [9.17, 15) is 0 Å². The van der Waals surface area contributed by atoms with Gasteiger partial charge >= 0.3 is 0 Å². The van der Waals surface area contributed by atoms with Crippen molar-refractivity contribution >= 4 is 0 Å². The molecular weight excluding hydrogens is 182 g/mol. The maximum absolute atomic E-state index is 3.61. The van der Waals surface area contributed by atoms with Crippen LogP contribution in [0, 0.1) is 11.8 Å². The summed E-state index contributed by atoms with van der Waals surface area (Å²) in [6.07, 6.45) is 6.76. The van der Waals surface area contributed by atoms with E-state index in [1.807, 2.05) is 0 Å². The molecule has 0 amide bonds. The zero-order valence-corrected chi connectivity index (χ0v) is 11.5. The van der Waals surface area contributed by atoms with Gasteiger partial charge in [-0.25, -0.2) is 0 Å². The fourth-order valence-corrected chi connectivity index (χ4v) is 1.71. The monoisotopic (exact) mass is 213 g/mol. The Morgan fingerprint density at radius 1 is 0.733 bits per heavy atom. The molecule has 0 aliphatic rings. The second-order valence-corrected chi connectivity index (χ2v) is 5.72. The lowest BCUT2D eigenvalue weighted by atomic mass is 10.0. The van der Waals surface area contributed by atoms with E-state index in [-0.39, 0.29) is 0 Å². The quantitative estimate of drug-likeness (QED) is 0.565. The summed E-state index contributed by atoms with van der Waals surface area (Å²) in [5, 5.41) is 3.61. The zero-order valence-electron chi connectivity index (χ0n) is 11.5. The van der Waals surface area contributed by atoms with Crippen molar-refractivity contribution in [2.75, 3.05) is 6.54 Å². The van der Waals surface area contributed by atoms with E-state index in [4.69, 9.17) is 0 Å². The standard InChI is InChI=1S/C14H31N/c1-12(2)8-6-7-11-15-14(5)10-9-13(3)4/h12-15H,6-11H2,1-5H3. The van der Waals surface area contributed by atoms with Crippen molar-refractivity contribution in [2.24, 2.45) is 11.8 Å². The van der Waals surface area contributed by atoms with Gasteiger partial charge in [0.2, 0.25) is 0 Å². The molecule has 0 rings (SSSR count). The molecule has 0 saturated heterocycles. The third-order valence-electron chi connectivity index (χ3n) is 2.88. The maximum atomic E-state index is 3.61. The molecular formula is C14H31N. The van der Waals surface area contributed by atoms with E-state index in [0.717, 1.165) is 11.8 Å². The van der Waals surface area contributed by atoms with Crippen LogP contribution in [0.1, 0.15) is 66.7 Å². The molecule has 0 spiro atoms. The smallest absolute Gasteiger partial charge is 0.00388 e. The van der Waals surface area contributed by atoms with Gasteiger partial charge in [-0.15, -0.1) is 0 Å². The Hall–Kier alpha value is -0.0400. The third-order valence-corrected chi connectivity index (χ3v) is 2.88. The molecule has 1 unspecified atom stereocenters. The van der Waals surface area contributed by atoms with Crippen molar-refractivity contribution < 1.29 is 0 Å². The first kappa shape index (κ1) is 15.0. The number of hydrogen-bond donors (Lipinski definition) is 1. The van der Waals surface area contributed by atoms with Crippen LogP contribution in [-0.4, -0.2) is 12.6 Å². The Morgan fingerprint density at radius 3 is 1.87 bits per heavy atom. The van der Waals surface area contributed by atoms with Crippen LogP contribution in [0.5, 0.6) is 0 Å². The fraction of sp³-hybridized carbons (Fsp3) is 1.00. The number of nitrogens with one attached hydrogen (secondary N) is 1. The van der Waals surface area contributed by atoms with Gasteiger partial charge < -0.3 is 5.32 Å². The van der Waals surface area contributed by atoms with Gasteiger partial charge in [-0.3, -0.25) is 0 Å². The molecule has 0 aliphatic carbocycles. The minimum absolute atomic E-state index is 0.700. The summed E-state index contributed by atoms with van der Waals surface area (Å²) in [4.78, 5) is 0. The third kappa shape index (κ3) is 11.9. The molecule has 1 heteroatoms. The van der Waals surface area contributed by atoms with Crippen molar-refractivity contribution in [3.63, 3.8) is 0 Å². The van der Waals surface area contributed by atoms with E-state index < -0.39 is 0 Å². The van der Waals surface area contributed by atoms with Gasteiger partial charge in [0.25, 0.3) is 0 Å². The molecule has 0 radical (unpaired) electrons. The van der Waals surface area contributed by atoms with Crippen LogP contribution in [0.2, 0.25) is 0 Å². The van der Waals surface area contributed by atoms with Crippen LogP contribution in [0.25, 0.3) is 0 Å². The fourth-order valence-electron chi connectivity index (χ4n) is 1.71. The summed E-state index contributed by atoms with van der Waals surface area (Å²) < 4.78 is 0. The lowest BCUT2D eigenvalue weighted by Crippen LogP contribution is -2.27. The van der Waals surface area contributed by atoms with Crippen LogP contribution in [0.4, 0.5) is 0 Å². The maximum Gasteiger partial charge on any atom is 0.00388 e. The lowest BCUT2D eigenvalue weighted by Gasteiger charge is -2.15. The van der Waals surface area contributed by atoms with E-state index >= 15 is 0 Å². The van der Waals surface area contributed by atoms with Gasteiger partial charge in [0.1, 0.15) is 0 Å². The predicted molar refractivity (Wildman–Crippen MR) is 70.2 cm³/mol. The minimum atomic E-state index is 0.700. The molecule has 0 heterocycles. The van der Waals surface area contributed by atoms with Gasteiger partial charge in [0.05, 0.1) is 0 Å². The molecule has 1 N–H and O–H groups in total. The molecule has 0 aromatic carbocycles. The molecule has 0 aromatic heterocycles. The highest BCUT2D eigenvalue weighted by atomic mass is 14.9. The lowest BCUT2D eigenvalue weighted by molar-refractivity contribution is 0.438. The Labute approximate surface area is 97.0 Å². The van der Waals surface area contributed by atoms with Crippen LogP contribution in [-0.2, 0) is 0 Å². The molecule has 0 fully saturated rings. The van der Waals surface area contributed by atoms with Gasteiger partial charge in [0.15, 0.2) is 0 Å². The first-order valence-corrected chi connectivity index (χ1v) is 6.75. The zero-order chi connectivity index (χ0) is 11.7. The summed E-state index contributed by atoms with van der Waals surface area (Å²) in [5.74, 6) is 1.71. The second kappa shape index (κ2) is 9.21. The Kier molecular flexibility index (Phi) is 9.18. The normalized spacial score (nSPS) is 13.8. The minimum Gasteiger partial charge on any atom is -0.314 e. The van der Waals surface area contributed by atoms with Gasteiger partial charge in [0, 0.05) is 6.04 Å². The van der Waals surface area contributed by atoms with E-state index in [1.54, 1.807) is 0 Å². The highest BCUT2D eigenvalue weighted by Crippen LogP contribution is 2.07. The Bertz CT molecular complexity index is 129. The topological polar surface area (TPSA) is 12.0 Å². The molecule has 15 heavy (non-hydrogen) atoms. The molecule has 1 atom stereocenters. The van der Waals surface area contributed by atoms with Crippen LogP contribution in [0.3, 0.4) is 0 Å². The molecule has 0 aromatic rings. The van der Waals surface area contributed by atoms with Crippen molar-refractivity contribution in [2.45, 2.75) is 72.8 Å². The Balaban J connectivity index is 3.20. The highest BCUT2D eigenvalue weighted by Gasteiger charge is 2.02. The summed E-state index contributed by atoms with van der Waals surface area (Å²) in [5.41, 5.74) is 0. The van der Waals surface area contributed by atoms with Crippen molar-refractivity contribution in [3.8, 4) is 0 Å². The largest absolute Gasteiger partial charge is 0.314 e. The highest BCUT2D eigenvalue weighted by molar-refractivity contribution is 4.62. The van der Waals surface area contributed by atoms with Crippen molar-refractivity contribution in [1.82, 2.24) is 5.32 Å². The summed E-state index contributed by atoms with van der Waals surface area (Å²) in [7, 11) is 0. The van der Waals surface area contributed by atoms with Gasteiger partial charge in [-0.2, -0.15) is 0 Å². The average Bonchev–Trinajstić information content (AvgIpc) is 2.13. The van der Waals surface area contributed by atoms with E-state index in [0.29, 0.717) is 6.04 Å². The first-order valence-electron chi connectivity index (χ1n) is 6.75. The first-order chi connectivity index (χ1) is 7.02. The number of rotatable bonds is 9. The SMILES string of the molecule is CC(C)CCCCNC(C)CCC(C)C. The average molecular weight is 213 g/mol. The summed E-state index contributed by atoms with van der Waals surface area (Å²) >= 11 is 0. The summed E-state index contributed by atoms with van der Waals surface area (Å²) in [6.45, 7) is 12.7. The molecule has 0 aliphatic heterocycles. The van der Waals surface area contributed by atoms with Gasteiger partial charge in [-0.1, -0.05) is 40.5 Å². The molecule has 0 bridgehead atoms. The Morgan fingerprint density at radius 2 is 1.33 bits per heavy atom. The van der Waals surface area contributed by atoms with Crippen LogP contribution >= 0.6 is 0 Å². The number of unbranched alkanes of at least 4 members (excludes halogenated alkanes) is 1. The van der Waals surface area contributed by atoms with Gasteiger partial charge in [-0.05, 0) is 44.6 Å². The molecule has 0 saturated carbocycles. The number of hydrogen-bond acceptors (Lipinski definition) is 1.